The van der Waals surface area contributed by atoms with Gasteiger partial charge in [-0.25, -0.2) is 15.0 Å². The fourth-order valence-electron chi connectivity index (χ4n) is 1.45. The predicted octanol–water partition coefficient (Wildman–Crippen LogP) is 3.58. The largest absolute Gasteiger partial charge is 0.434 e. The van der Waals surface area contributed by atoms with Gasteiger partial charge in [0, 0.05) is 12.4 Å². The van der Waals surface area contributed by atoms with Crippen LogP contribution in [0.2, 0.25) is 0 Å². The molecule has 20 heavy (non-hydrogen) atoms. The number of nitrogens with zero attached hydrogens (tertiary/aromatic N) is 3. The Labute approximate surface area is 108 Å². The number of hydrogen-bond donors (Lipinski definition) is 0. The molecular weight excluding hydrogens is 288 g/mol. The van der Waals surface area contributed by atoms with Gasteiger partial charge in [-0.05, 0) is 18.2 Å². The summed E-state index contributed by atoms with van der Waals surface area (Å²) in [7, 11) is 0. The smallest absolute Gasteiger partial charge is 0.238 e. The van der Waals surface area contributed by atoms with Crippen molar-refractivity contribution in [3.05, 3.63) is 42.0 Å². The van der Waals surface area contributed by atoms with Gasteiger partial charge in [0.05, 0.1) is 5.56 Å². The molecule has 9 heteroatoms. The zero-order valence-corrected chi connectivity index (χ0v) is 9.50. The van der Waals surface area contributed by atoms with Crippen LogP contribution in [0.5, 0.6) is 0 Å². The predicted molar refractivity (Wildman–Crippen MR) is 55.3 cm³/mol. The Morgan fingerprint density at radius 3 is 1.90 bits per heavy atom. The summed E-state index contributed by atoms with van der Waals surface area (Å²) in [5.41, 5.74) is -3.89. The van der Waals surface area contributed by atoms with Crippen molar-refractivity contribution >= 4 is 0 Å². The van der Waals surface area contributed by atoms with Gasteiger partial charge in [-0.1, -0.05) is 0 Å². The van der Waals surface area contributed by atoms with E-state index in [1.54, 1.807) is 0 Å². The molecule has 2 heterocycles. The standard InChI is InChI=1S/C11H5F6N3/c12-10(13,14)7-3-2-6(8(20-7)11(15,16)17)9-18-4-1-5-19-9/h1-5H. The van der Waals surface area contributed by atoms with Crippen LogP contribution in [0.15, 0.2) is 30.6 Å². The van der Waals surface area contributed by atoms with E-state index in [-0.39, 0.29) is 5.82 Å². The van der Waals surface area contributed by atoms with E-state index in [1.165, 1.54) is 18.5 Å². The number of halogens is 6. The third-order valence-electron chi connectivity index (χ3n) is 2.26. The lowest BCUT2D eigenvalue weighted by Crippen LogP contribution is -2.16. The molecule has 106 valence electrons. The van der Waals surface area contributed by atoms with Crippen LogP contribution in [0.4, 0.5) is 26.3 Å². The van der Waals surface area contributed by atoms with Gasteiger partial charge in [-0.2, -0.15) is 26.3 Å². The summed E-state index contributed by atoms with van der Waals surface area (Å²) in [5, 5.41) is 0. The molecule has 3 nitrogen and oxygen atoms in total. The van der Waals surface area contributed by atoms with E-state index in [0.717, 1.165) is 0 Å². The Balaban J connectivity index is 2.65. The Bertz CT molecular complexity index is 606. The van der Waals surface area contributed by atoms with Crippen molar-refractivity contribution in [1.29, 1.82) is 0 Å². The van der Waals surface area contributed by atoms with E-state index >= 15 is 0 Å². The monoisotopic (exact) mass is 293 g/mol. The van der Waals surface area contributed by atoms with Crippen LogP contribution < -0.4 is 0 Å². The minimum atomic E-state index is -5.05. The van der Waals surface area contributed by atoms with Crippen molar-refractivity contribution in [1.82, 2.24) is 15.0 Å². The number of hydrogen-bond acceptors (Lipinski definition) is 3. The Morgan fingerprint density at radius 1 is 0.800 bits per heavy atom. The van der Waals surface area contributed by atoms with Crippen LogP contribution in [0.1, 0.15) is 11.4 Å². The van der Waals surface area contributed by atoms with Gasteiger partial charge < -0.3 is 0 Å². The fourth-order valence-corrected chi connectivity index (χ4v) is 1.45. The Morgan fingerprint density at radius 2 is 1.40 bits per heavy atom. The molecule has 0 amide bonds. The SMILES string of the molecule is FC(F)(F)c1ccc(-c2ncccn2)c(C(F)(F)F)n1. The molecule has 2 rings (SSSR count). The highest BCUT2D eigenvalue weighted by atomic mass is 19.4. The lowest BCUT2D eigenvalue weighted by atomic mass is 10.1. The highest BCUT2D eigenvalue weighted by Crippen LogP contribution is 2.37. The zero-order chi connectivity index (χ0) is 15.0. The lowest BCUT2D eigenvalue weighted by Gasteiger charge is -2.13. The van der Waals surface area contributed by atoms with Gasteiger partial charge >= 0.3 is 12.4 Å². The van der Waals surface area contributed by atoms with E-state index in [4.69, 9.17) is 0 Å². The summed E-state index contributed by atoms with van der Waals surface area (Å²) in [6.45, 7) is 0. The molecule has 0 aliphatic carbocycles. The van der Waals surface area contributed by atoms with E-state index in [1.807, 2.05) is 0 Å². The summed E-state index contributed by atoms with van der Waals surface area (Å²) in [5.74, 6) is -0.346. The van der Waals surface area contributed by atoms with Gasteiger partial charge in [-0.3, -0.25) is 0 Å². The van der Waals surface area contributed by atoms with Crippen molar-refractivity contribution in [3.8, 4) is 11.4 Å². The molecule has 0 fully saturated rings. The first-order valence-electron chi connectivity index (χ1n) is 5.12. The van der Waals surface area contributed by atoms with Crippen LogP contribution in [-0.4, -0.2) is 15.0 Å². The van der Waals surface area contributed by atoms with E-state index in [2.05, 4.69) is 15.0 Å². The molecule has 2 aromatic heterocycles. The average molecular weight is 293 g/mol. The highest BCUT2D eigenvalue weighted by Gasteiger charge is 2.40. The van der Waals surface area contributed by atoms with Crippen LogP contribution in [0, 0.1) is 0 Å². The minimum Gasteiger partial charge on any atom is -0.238 e. The lowest BCUT2D eigenvalue weighted by molar-refractivity contribution is -0.149. The van der Waals surface area contributed by atoms with Crippen molar-refractivity contribution in [2.24, 2.45) is 0 Å². The second kappa shape index (κ2) is 4.73. The first-order valence-corrected chi connectivity index (χ1v) is 5.12. The molecule has 0 saturated heterocycles. The molecule has 2 aromatic rings. The van der Waals surface area contributed by atoms with Crippen molar-refractivity contribution < 1.29 is 26.3 Å². The van der Waals surface area contributed by atoms with Crippen molar-refractivity contribution in [2.45, 2.75) is 12.4 Å². The molecule has 0 aromatic carbocycles. The van der Waals surface area contributed by atoms with Crippen molar-refractivity contribution in [2.75, 3.05) is 0 Å². The summed E-state index contributed by atoms with van der Waals surface area (Å²) in [6, 6.07) is 2.49. The van der Waals surface area contributed by atoms with E-state index in [0.29, 0.717) is 12.1 Å². The number of aromatic nitrogens is 3. The molecule has 0 atom stereocenters. The van der Waals surface area contributed by atoms with Gasteiger partial charge in [0.15, 0.2) is 11.5 Å². The summed E-state index contributed by atoms with van der Waals surface area (Å²) >= 11 is 0. The maximum absolute atomic E-state index is 12.8. The topological polar surface area (TPSA) is 38.7 Å². The number of alkyl halides is 6. The van der Waals surface area contributed by atoms with Crippen LogP contribution >= 0.6 is 0 Å². The van der Waals surface area contributed by atoms with Crippen molar-refractivity contribution in [3.63, 3.8) is 0 Å². The third-order valence-corrected chi connectivity index (χ3v) is 2.26. The average Bonchev–Trinajstić information content (AvgIpc) is 2.37. The molecule has 0 aliphatic heterocycles. The van der Waals surface area contributed by atoms with Crippen LogP contribution in [-0.2, 0) is 12.4 Å². The molecule has 0 N–H and O–H groups in total. The fraction of sp³-hybridized carbons (Fsp3) is 0.182. The second-order valence-electron chi connectivity index (χ2n) is 3.66. The molecule has 0 unspecified atom stereocenters. The molecule has 0 radical (unpaired) electrons. The van der Waals surface area contributed by atoms with Crippen LogP contribution in [0.3, 0.4) is 0 Å². The first kappa shape index (κ1) is 14.2. The quantitative estimate of drug-likeness (QED) is 0.754. The van der Waals surface area contributed by atoms with Gasteiger partial charge in [0.1, 0.15) is 5.69 Å². The molecule has 0 aliphatic rings. The molecule has 0 bridgehead atoms. The van der Waals surface area contributed by atoms with Gasteiger partial charge in [0.2, 0.25) is 0 Å². The third kappa shape index (κ3) is 2.86. The zero-order valence-electron chi connectivity index (χ0n) is 9.50. The summed E-state index contributed by atoms with van der Waals surface area (Å²) in [4.78, 5) is 9.83. The van der Waals surface area contributed by atoms with Gasteiger partial charge in [-0.15, -0.1) is 0 Å². The van der Waals surface area contributed by atoms with Gasteiger partial charge in [0.25, 0.3) is 0 Å². The summed E-state index contributed by atoms with van der Waals surface area (Å²) in [6.07, 6.45) is -7.65. The first-order chi connectivity index (χ1) is 9.19. The second-order valence-corrected chi connectivity index (χ2v) is 3.66. The van der Waals surface area contributed by atoms with E-state index < -0.39 is 29.3 Å². The maximum atomic E-state index is 12.8. The normalized spacial score (nSPS) is 12.5. The molecule has 0 saturated carbocycles. The van der Waals surface area contributed by atoms with E-state index in [9.17, 15) is 26.3 Å². The Kier molecular flexibility index (Phi) is 3.36. The Hall–Kier alpha value is -2.19. The maximum Gasteiger partial charge on any atom is 0.434 e. The summed E-state index contributed by atoms with van der Waals surface area (Å²) < 4.78 is 75.7. The van der Waals surface area contributed by atoms with Crippen LogP contribution in [0.25, 0.3) is 11.4 Å². The number of pyridine rings is 1. The number of rotatable bonds is 1. The minimum absolute atomic E-state index is 0.346. The molecular formula is C11H5F6N3. The highest BCUT2D eigenvalue weighted by molar-refractivity contribution is 5.59. The molecule has 0 spiro atoms.